The molecule has 20 heavy (non-hydrogen) atoms. The zero-order chi connectivity index (χ0) is 16.4. The molecule has 0 nitrogen and oxygen atoms in total. The number of hydrogen-bond acceptors (Lipinski definition) is 0. The van der Waals surface area contributed by atoms with Gasteiger partial charge < -0.3 is 0 Å². The number of rotatable bonds is 4. The quantitative estimate of drug-likeness (QED) is 0.501. The molecule has 0 heterocycles. The van der Waals surface area contributed by atoms with Gasteiger partial charge in [0.2, 0.25) is 5.67 Å². The van der Waals surface area contributed by atoms with Crippen molar-refractivity contribution >= 4 is 0 Å². The molecule has 0 aromatic heterocycles. The smallest absolute Gasteiger partial charge is 0.237 e. The molecule has 0 aromatic rings. The molecule has 120 valence electrons. The lowest BCUT2D eigenvalue weighted by Crippen LogP contribution is -2.45. The average molecular weight is 324 g/mol. The summed E-state index contributed by atoms with van der Waals surface area (Å²) in [7, 11) is 0. The second-order valence-electron chi connectivity index (χ2n) is 3.82. The number of halogens is 11. The topological polar surface area (TPSA) is 0 Å². The minimum atomic E-state index is -5.95. The van der Waals surface area contributed by atoms with E-state index in [9.17, 15) is 48.3 Å². The SMILES string of the molecule is FC(CC(F)(CC=CC(F)(F)F)C(F)(F)F)C(F)(F)F. The van der Waals surface area contributed by atoms with Crippen molar-refractivity contribution in [2.45, 2.75) is 43.2 Å². The summed E-state index contributed by atoms with van der Waals surface area (Å²) in [5.74, 6) is 0. The predicted octanol–water partition coefficient (Wildman–Crippen LogP) is 5.06. The molecule has 0 radical (unpaired) electrons. The van der Waals surface area contributed by atoms with Crippen LogP contribution in [0.1, 0.15) is 12.8 Å². The summed E-state index contributed by atoms with van der Waals surface area (Å²) in [6.07, 6.45) is -26.7. The fraction of sp³-hybridized carbons (Fsp3) is 0.778. The van der Waals surface area contributed by atoms with E-state index in [-0.39, 0.29) is 6.08 Å². The van der Waals surface area contributed by atoms with Gasteiger partial charge >= 0.3 is 18.5 Å². The fourth-order valence-electron chi connectivity index (χ4n) is 1.09. The zero-order valence-corrected chi connectivity index (χ0v) is 9.30. The van der Waals surface area contributed by atoms with Gasteiger partial charge in [-0.15, -0.1) is 0 Å². The minimum Gasteiger partial charge on any atom is -0.237 e. The number of allylic oxidation sites excluding steroid dienone is 2. The van der Waals surface area contributed by atoms with Crippen LogP contribution in [0.4, 0.5) is 48.3 Å². The van der Waals surface area contributed by atoms with E-state index in [2.05, 4.69) is 0 Å². The molecule has 0 saturated carbocycles. The first kappa shape index (κ1) is 19.0. The monoisotopic (exact) mass is 324 g/mol. The lowest BCUT2D eigenvalue weighted by atomic mass is 9.93. The first-order chi connectivity index (χ1) is 8.58. The van der Waals surface area contributed by atoms with Gasteiger partial charge in [0, 0.05) is 18.9 Å². The first-order valence-corrected chi connectivity index (χ1v) is 4.79. The van der Waals surface area contributed by atoms with Crippen molar-refractivity contribution in [2.75, 3.05) is 0 Å². The Labute approximate surface area is 105 Å². The lowest BCUT2D eigenvalue weighted by Gasteiger charge is -2.28. The van der Waals surface area contributed by atoms with Gasteiger partial charge in [-0.3, -0.25) is 0 Å². The Morgan fingerprint density at radius 2 is 1.25 bits per heavy atom. The average Bonchev–Trinajstić information content (AvgIpc) is 2.11. The van der Waals surface area contributed by atoms with Crippen molar-refractivity contribution in [1.29, 1.82) is 0 Å². The molecular formula is C9H7F11. The van der Waals surface area contributed by atoms with E-state index < -0.39 is 49.3 Å². The van der Waals surface area contributed by atoms with Gasteiger partial charge in [0.05, 0.1) is 0 Å². The van der Waals surface area contributed by atoms with Gasteiger partial charge in [-0.25, -0.2) is 8.78 Å². The van der Waals surface area contributed by atoms with Crippen LogP contribution in [0.5, 0.6) is 0 Å². The van der Waals surface area contributed by atoms with Crippen molar-refractivity contribution in [3.05, 3.63) is 12.2 Å². The van der Waals surface area contributed by atoms with E-state index in [1.807, 2.05) is 0 Å². The molecule has 0 saturated heterocycles. The van der Waals surface area contributed by atoms with E-state index in [0.29, 0.717) is 0 Å². The Morgan fingerprint density at radius 3 is 1.55 bits per heavy atom. The normalized spacial score (nSPS) is 19.1. The van der Waals surface area contributed by atoms with Crippen molar-refractivity contribution < 1.29 is 48.3 Å². The molecule has 11 heteroatoms. The van der Waals surface area contributed by atoms with Crippen LogP contribution in [-0.2, 0) is 0 Å². The van der Waals surface area contributed by atoms with Crippen molar-refractivity contribution in [1.82, 2.24) is 0 Å². The van der Waals surface area contributed by atoms with E-state index in [1.54, 1.807) is 0 Å². The van der Waals surface area contributed by atoms with Gasteiger partial charge in [0.15, 0.2) is 6.17 Å². The number of hydrogen-bond donors (Lipinski definition) is 0. The highest BCUT2D eigenvalue weighted by Crippen LogP contribution is 2.43. The molecule has 0 rings (SSSR count). The molecule has 0 aromatic carbocycles. The third-order valence-corrected chi connectivity index (χ3v) is 2.11. The van der Waals surface area contributed by atoms with Crippen LogP contribution in [0.25, 0.3) is 0 Å². The van der Waals surface area contributed by atoms with Crippen LogP contribution in [0.2, 0.25) is 0 Å². The maximum absolute atomic E-state index is 13.4. The molecular weight excluding hydrogens is 317 g/mol. The van der Waals surface area contributed by atoms with Crippen molar-refractivity contribution in [2.24, 2.45) is 0 Å². The molecule has 0 N–H and O–H groups in total. The maximum atomic E-state index is 13.4. The molecule has 0 spiro atoms. The molecule has 0 fully saturated rings. The van der Waals surface area contributed by atoms with E-state index >= 15 is 0 Å². The Bertz CT molecular complexity index is 333. The zero-order valence-electron chi connectivity index (χ0n) is 9.30. The van der Waals surface area contributed by atoms with Crippen molar-refractivity contribution in [3.63, 3.8) is 0 Å². The van der Waals surface area contributed by atoms with Crippen LogP contribution in [0.3, 0.4) is 0 Å². The molecule has 0 amide bonds. The molecule has 2 unspecified atom stereocenters. The largest absolute Gasteiger partial charge is 0.422 e. The highest BCUT2D eigenvalue weighted by atomic mass is 19.4. The summed E-state index contributed by atoms with van der Waals surface area (Å²) >= 11 is 0. The summed E-state index contributed by atoms with van der Waals surface area (Å²) in [4.78, 5) is 0. The van der Waals surface area contributed by atoms with Gasteiger partial charge in [-0.1, -0.05) is 6.08 Å². The summed E-state index contributed by atoms with van der Waals surface area (Å²) in [6, 6.07) is 0. The van der Waals surface area contributed by atoms with E-state index in [1.165, 1.54) is 0 Å². The third-order valence-electron chi connectivity index (χ3n) is 2.11. The van der Waals surface area contributed by atoms with E-state index in [0.717, 1.165) is 0 Å². The summed E-state index contributed by atoms with van der Waals surface area (Å²) in [5, 5.41) is 0. The van der Waals surface area contributed by atoms with Gasteiger partial charge in [-0.2, -0.15) is 39.5 Å². The van der Waals surface area contributed by atoms with Crippen molar-refractivity contribution in [3.8, 4) is 0 Å². The molecule has 2 atom stereocenters. The van der Waals surface area contributed by atoms with Crippen LogP contribution in [0, 0.1) is 0 Å². The fourth-order valence-corrected chi connectivity index (χ4v) is 1.09. The summed E-state index contributed by atoms with van der Waals surface area (Å²) in [6.45, 7) is 0. The van der Waals surface area contributed by atoms with Crippen LogP contribution >= 0.6 is 0 Å². The second-order valence-corrected chi connectivity index (χ2v) is 3.82. The molecule has 0 aliphatic heterocycles. The minimum absolute atomic E-state index is 0.337. The van der Waals surface area contributed by atoms with Gasteiger partial charge in [0.1, 0.15) is 0 Å². The van der Waals surface area contributed by atoms with Gasteiger partial charge in [-0.05, 0) is 0 Å². The van der Waals surface area contributed by atoms with Crippen LogP contribution < -0.4 is 0 Å². The first-order valence-electron chi connectivity index (χ1n) is 4.79. The van der Waals surface area contributed by atoms with Gasteiger partial charge in [0.25, 0.3) is 0 Å². The third kappa shape index (κ3) is 5.95. The van der Waals surface area contributed by atoms with Crippen LogP contribution in [0.15, 0.2) is 12.2 Å². The highest BCUT2D eigenvalue weighted by Gasteiger charge is 2.59. The standard InChI is InChI=1S/C9H7F11/c10-5(8(15,16)17)4-6(11,9(18,19)20)2-1-3-7(12,13)14/h1,3,5H,2,4H2. The Kier molecular flexibility index (Phi) is 5.46. The molecule has 0 aliphatic rings. The van der Waals surface area contributed by atoms with E-state index in [4.69, 9.17) is 0 Å². The maximum Gasteiger partial charge on any atom is 0.422 e. The summed E-state index contributed by atoms with van der Waals surface area (Å²) < 4.78 is 133. The Balaban J connectivity index is 5.10. The molecule has 0 bridgehead atoms. The predicted molar refractivity (Wildman–Crippen MR) is 45.3 cm³/mol. The Hall–Kier alpha value is -1.03. The molecule has 0 aliphatic carbocycles. The van der Waals surface area contributed by atoms with Crippen LogP contribution in [-0.4, -0.2) is 30.4 Å². The summed E-state index contributed by atoms with van der Waals surface area (Å²) in [5.41, 5.74) is -4.75. The lowest BCUT2D eigenvalue weighted by molar-refractivity contribution is -0.254. The number of alkyl halides is 11. The highest BCUT2D eigenvalue weighted by molar-refractivity contribution is 5.00. The Morgan fingerprint density at radius 1 is 0.800 bits per heavy atom. The second kappa shape index (κ2) is 5.76.